The number of esters is 1. The zero-order valence-corrected chi connectivity index (χ0v) is 11.2. The second-order valence-electron chi connectivity index (χ2n) is 3.97. The first-order valence-corrected chi connectivity index (χ1v) is 6.04. The van der Waals surface area contributed by atoms with Crippen molar-refractivity contribution in [2.24, 2.45) is 5.92 Å². The number of anilines is 1. The predicted molar refractivity (Wildman–Crippen MR) is 70.5 cm³/mol. The van der Waals surface area contributed by atoms with Crippen LogP contribution in [0, 0.1) is 12.8 Å². The van der Waals surface area contributed by atoms with E-state index in [4.69, 9.17) is 16.3 Å². The molecule has 1 rings (SSSR count). The third-order valence-electron chi connectivity index (χ3n) is 2.75. The van der Waals surface area contributed by atoms with Gasteiger partial charge in [0, 0.05) is 17.3 Å². The average Bonchev–Trinajstić information content (AvgIpc) is 2.33. The quantitative estimate of drug-likeness (QED) is 0.821. The predicted octanol–water partition coefficient (Wildman–Crippen LogP) is 3.26. The van der Waals surface area contributed by atoms with Crippen LogP contribution < -0.4 is 5.32 Å². The van der Waals surface area contributed by atoms with Gasteiger partial charge in [-0.15, -0.1) is 0 Å². The van der Waals surface area contributed by atoms with Gasteiger partial charge in [-0.25, -0.2) is 0 Å². The molecule has 0 fully saturated rings. The van der Waals surface area contributed by atoms with Gasteiger partial charge in [0.05, 0.1) is 13.0 Å². The van der Waals surface area contributed by atoms with Gasteiger partial charge in [0.1, 0.15) is 0 Å². The highest BCUT2D eigenvalue weighted by atomic mass is 35.5. The van der Waals surface area contributed by atoms with E-state index in [9.17, 15) is 4.79 Å². The molecule has 4 heteroatoms. The summed E-state index contributed by atoms with van der Waals surface area (Å²) in [5, 5.41) is 3.92. The molecule has 1 aromatic carbocycles. The van der Waals surface area contributed by atoms with Gasteiger partial charge >= 0.3 is 5.97 Å². The molecule has 0 saturated carbocycles. The summed E-state index contributed by atoms with van der Waals surface area (Å²) in [5.41, 5.74) is 1.96. The summed E-state index contributed by atoms with van der Waals surface area (Å²) in [6, 6.07) is 5.76. The third-order valence-corrected chi connectivity index (χ3v) is 3.16. The Morgan fingerprint density at radius 3 is 2.76 bits per heavy atom. The number of aryl methyl sites for hydroxylation is 1. The molecule has 0 saturated heterocycles. The van der Waals surface area contributed by atoms with E-state index in [0.29, 0.717) is 6.54 Å². The Kier molecular flexibility index (Phi) is 5.29. The lowest BCUT2D eigenvalue weighted by Crippen LogP contribution is -2.23. The van der Waals surface area contributed by atoms with Crippen molar-refractivity contribution < 1.29 is 9.53 Å². The van der Waals surface area contributed by atoms with Crippen LogP contribution >= 0.6 is 11.6 Å². The molecule has 3 nitrogen and oxygen atoms in total. The Hall–Kier alpha value is -1.22. The summed E-state index contributed by atoms with van der Waals surface area (Å²) >= 11 is 6.02. The largest absolute Gasteiger partial charge is 0.469 e. The minimum atomic E-state index is -0.182. The number of methoxy groups -OCH3 is 1. The van der Waals surface area contributed by atoms with Crippen LogP contribution in [0.1, 0.15) is 18.9 Å². The number of carbonyl (C=O) groups is 1. The van der Waals surface area contributed by atoms with Crippen molar-refractivity contribution in [2.75, 3.05) is 19.0 Å². The first-order valence-electron chi connectivity index (χ1n) is 5.66. The van der Waals surface area contributed by atoms with Crippen molar-refractivity contribution in [1.29, 1.82) is 0 Å². The number of nitrogens with one attached hydrogen (secondary N) is 1. The molecule has 0 aromatic heterocycles. The van der Waals surface area contributed by atoms with E-state index >= 15 is 0 Å². The molecule has 17 heavy (non-hydrogen) atoms. The fourth-order valence-corrected chi connectivity index (χ4v) is 1.69. The number of carbonyl (C=O) groups excluding carboxylic acids is 1. The molecule has 0 bridgehead atoms. The minimum Gasteiger partial charge on any atom is -0.469 e. The molecule has 0 aliphatic carbocycles. The Labute approximate surface area is 107 Å². The summed E-state index contributed by atoms with van der Waals surface area (Å²) in [5.74, 6) is -0.307. The van der Waals surface area contributed by atoms with Gasteiger partial charge in [-0.2, -0.15) is 0 Å². The van der Waals surface area contributed by atoms with Gasteiger partial charge < -0.3 is 10.1 Å². The summed E-state index contributed by atoms with van der Waals surface area (Å²) in [4.78, 5) is 11.4. The molecule has 1 aromatic rings. The summed E-state index contributed by atoms with van der Waals surface area (Å²) < 4.78 is 4.73. The molecule has 1 unspecified atom stereocenters. The highest BCUT2D eigenvalue weighted by Crippen LogP contribution is 2.20. The van der Waals surface area contributed by atoms with Crippen molar-refractivity contribution in [1.82, 2.24) is 0 Å². The number of hydrogen-bond donors (Lipinski definition) is 1. The molecule has 0 spiro atoms. The molecule has 0 heterocycles. The van der Waals surface area contributed by atoms with E-state index in [-0.39, 0.29) is 11.9 Å². The molecule has 0 radical (unpaired) electrons. The number of benzene rings is 1. The van der Waals surface area contributed by atoms with E-state index in [2.05, 4.69) is 5.32 Å². The molecular formula is C13H18ClNO2. The van der Waals surface area contributed by atoms with Gasteiger partial charge in [-0.3, -0.25) is 4.79 Å². The lowest BCUT2D eigenvalue weighted by atomic mass is 10.1. The molecular weight excluding hydrogens is 238 g/mol. The number of halogens is 1. The molecule has 0 aliphatic heterocycles. The van der Waals surface area contributed by atoms with Gasteiger partial charge in [-0.05, 0) is 31.0 Å². The van der Waals surface area contributed by atoms with Crippen LogP contribution in [0.5, 0.6) is 0 Å². The van der Waals surface area contributed by atoms with Crippen molar-refractivity contribution in [3.05, 3.63) is 28.8 Å². The Balaban J connectivity index is 2.59. The van der Waals surface area contributed by atoms with Crippen LogP contribution in [-0.2, 0) is 9.53 Å². The standard InChI is InChI=1S/C13H18ClNO2/c1-4-10(13(16)17-3)8-15-11-6-5-9(2)12(14)7-11/h5-7,10,15H,4,8H2,1-3H3. The number of ether oxygens (including phenoxy) is 1. The SMILES string of the molecule is CCC(CNc1ccc(C)c(Cl)c1)C(=O)OC. The highest BCUT2D eigenvalue weighted by molar-refractivity contribution is 6.31. The van der Waals surface area contributed by atoms with Gasteiger partial charge in [0.2, 0.25) is 0 Å². The van der Waals surface area contributed by atoms with Gasteiger partial charge in [0.25, 0.3) is 0 Å². The van der Waals surface area contributed by atoms with E-state index in [1.54, 1.807) is 0 Å². The number of hydrogen-bond acceptors (Lipinski definition) is 3. The Bertz CT molecular complexity index is 393. The molecule has 94 valence electrons. The number of rotatable bonds is 5. The van der Waals surface area contributed by atoms with Crippen LogP contribution in [0.25, 0.3) is 0 Å². The lowest BCUT2D eigenvalue weighted by molar-refractivity contribution is -0.145. The van der Waals surface area contributed by atoms with E-state index in [1.807, 2.05) is 32.0 Å². The topological polar surface area (TPSA) is 38.3 Å². The van der Waals surface area contributed by atoms with Gasteiger partial charge in [0.15, 0.2) is 0 Å². The third kappa shape index (κ3) is 3.93. The maximum absolute atomic E-state index is 11.4. The fraction of sp³-hybridized carbons (Fsp3) is 0.462. The average molecular weight is 256 g/mol. The normalized spacial score (nSPS) is 12.0. The van der Waals surface area contributed by atoms with Crippen LogP contribution in [0.2, 0.25) is 5.02 Å². The van der Waals surface area contributed by atoms with E-state index in [1.165, 1.54) is 7.11 Å². The van der Waals surface area contributed by atoms with Crippen LogP contribution in [0.3, 0.4) is 0 Å². The summed E-state index contributed by atoms with van der Waals surface area (Å²) in [6.45, 7) is 4.48. The summed E-state index contributed by atoms with van der Waals surface area (Å²) in [7, 11) is 1.41. The first-order chi connectivity index (χ1) is 8.08. The molecule has 0 amide bonds. The highest BCUT2D eigenvalue weighted by Gasteiger charge is 2.16. The zero-order valence-electron chi connectivity index (χ0n) is 10.4. The van der Waals surface area contributed by atoms with Crippen LogP contribution in [0.4, 0.5) is 5.69 Å². The second-order valence-corrected chi connectivity index (χ2v) is 4.38. The van der Waals surface area contributed by atoms with Crippen LogP contribution in [-0.4, -0.2) is 19.6 Å². The first kappa shape index (κ1) is 13.8. The maximum Gasteiger partial charge on any atom is 0.310 e. The van der Waals surface area contributed by atoms with Gasteiger partial charge in [-0.1, -0.05) is 24.6 Å². The Morgan fingerprint density at radius 2 is 2.24 bits per heavy atom. The van der Waals surface area contributed by atoms with Crippen molar-refractivity contribution >= 4 is 23.3 Å². The van der Waals surface area contributed by atoms with Crippen molar-refractivity contribution in [2.45, 2.75) is 20.3 Å². The molecule has 1 atom stereocenters. The lowest BCUT2D eigenvalue weighted by Gasteiger charge is -2.14. The maximum atomic E-state index is 11.4. The Morgan fingerprint density at radius 1 is 1.53 bits per heavy atom. The molecule has 0 aliphatic rings. The van der Waals surface area contributed by atoms with Crippen molar-refractivity contribution in [3.63, 3.8) is 0 Å². The molecule has 1 N–H and O–H groups in total. The zero-order chi connectivity index (χ0) is 12.8. The van der Waals surface area contributed by atoms with Crippen LogP contribution in [0.15, 0.2) is 18.2 Å². The fourth-order valence-electron chi connectivity index (χ4n) is 1.50. The minimum absolute atomic E-state index is 0.125. The van der Waals surface area contributed by atoms with E-state index < -0.39 is 0 Å². The second kappa shape index (κ2) is 6.50. The summed E-state index contributed by atoms with van der Waals surface area (Å²) in [6.07, 6.45) is 0.749. The van der Waals surface area contributed by atoms with E-state index in [0.717, 1.165) is 22.7 Å². The van der Waals surface area contributed by atoms with Crippen molar-refractivity contribution in [3.8, 4) is 0 Å². The monoisotopic (exact) mass is 255 g/mol. The smallest absolute Gasteiger partial charge is 0.310 e.